The molecule has 2 aromatic heterocycles. The zero-order valence-electron chi connectivity index (χ0n) is 25.3. The quantitative estimate of drug-likeness (QED) is 0.202. The summed E-state index contributed by atoms with van der Waals surface area (Å²) in [6, 6.07) is 51.2. The van der Waals surface area contributed by atoms with Gasteiger partial charge in [-0.15, -0.1) is 0 Å². The third kappa shape index (κ3) is 3.63. The fraction of sp³-hybridized carbons (Fsp3) is 0.0465. The van der Waals surface area contributed by atoms with Crippen LogP contribution in [0, 0.1) is 11.3 Å². The molecule has 220 valence electrons. The van der Waals surface area contributed by atoms with Crippen molar-refractivity contribution in [1.29, 1.82) is 5.26 Å². The molecule has 10 rings (SSSR count). The van der Waals surface area contributed by atoms with Crippen molar-refractivity contribution in [2.24, 2.45) is 0 Å². The van der Waals surface area contributed by atoms with Crippen LogP contribution in [-0.4, -0.2) is 9.13 Å². The molecule has 8 aromatic rings. The summed E-state index contributed by atoms with van der Waals surface area (Å²) in [5.41, 5.74) is 11.6. The normalized spacial score (nSPS) is 16.1. The molecule has 0 fully saturated rings. The summed E-state index contributed by atoms with van der Waals surface area (Å²) >= 11 is 0. The van der Waals surface area contributed by atoms with Crippen molar-refractivity contribution in [3.8, 4) is 34.3 Å². The molecule has 3 heterocycles. The number of ether oxygens (including phenoxy) is 1. The van der Waals surface area contributed by atoms with Gasteiger partial charge in [-0.3, -0.25) is 0 Å². The van der Waals surface area contributed by atoms with E-state index in [0.717, 1.165) is 44.8 Å². The number of hydrogen-bond donors (Lipinski definition) is 0. The highest BCUT2D eigenvalue weighted by atomic mass is 16.5. The lowest BCUT2D eigenvalue weighted by Crippen LogP contribution is -2.17. The van der Waals surface area contributed by atoms with Gasteiger partial charge in [-0.25, -0.2) is 0 Å². The maximum absolute atomic E-state index is 10.4. The first-order valence-corrected chi connectivity index (χ1v) is 16.0. The Balaban J connectivity index is 1.22. The van der Waals surface area contributed by atoms with E-state index >= 15 is 0 Å². The highest BCUT2D eigenvalue weighted by Gasteiger charge is 2.40. The van der Waals surface area contributed by atoms with Gasteiger partial charge in [0.25, 0.3) is 0 Å². The lowest BCUT2D eigenvalue weighted by molar-refractivity contribution is 0.216. The van der Waals surface area contributed by atoms with E-state index in [2.05, 4.69) is 155 Å². The predicted molar refractivity (Wildman–Crippen MR) is 189 cm³/mol. The smallest absolute Gasteiger partial charge is 0.150 e. The highest BCUT2D eigenvalue weighted by molar-refractivity contribution is 6.09. The molecule has 47 heavy (non-hydrogen) atoms. The predicted octanol–water partition coefficient (Wildman–Crippen LogP) is 10.5. The van der Waals surface area contributed by atoms with E-state index in [1.807, 2.05) is 12.1 Å². The molecule has 0 bridgehead atoms. The first kappa shape index (κ1) is 26.0. The molecule has 0 amide bonds. The second-order valence-corrected chi connectivity index (χ2v) is 12.3. The van der Waals surface area contributed by atoms with Crippen molar-refractivity contribution in [2.75, 3.05) is 0 Å². The van der Waals surface area contributed by atoms with Crippen molar-refractivity contribution >= 4 is 38.8 Å². The van der Waals surface area contributed by atoms with E-state index in [0.29, 0.717) is 5.56 Å². The Bertz CT molecular complexity index is 2590. The standard InChI is InChI=1S/C43H27N3O/c44-26-28-22-21-27(25-40(28)45-37-17-7-2-12-30(37)31-13-3-8-18-38(31)45)29-11-1-6-16-36(29)46-39-19-9-4-14-32(39)34-23-24-35-33-15-5-10-20-41(33)47-43(35)42(34)46/h1-25,35,43H. The average molecular weight is 602 g/mol. The van der Waals surface area contributed by atoms with Crippen LogP contribution in [0.15, 0.2) is 146 Å². The van der Waals surface area contributed by atoms with Gasteiger partial charge < -0.3 is 13.9 Å². The van der Waals surface area contributed by atoms with E-state index in [4.69, 9.17) is 4.74 Å². The molecule has 4 nitrogen and oxygen atoms in total. The minimum atomic E-state index is -0.137. The molecule has 1 aliphatic heterocycles. The molecule has 0 N–H and O–H groups in total. The van der Waals surface area contributed by atoms with Crippen LogP contribution in [0.1, 0.15) is 34.4 Å². The summed E-state index contributed by atoms with van der Waals surface area (Å²) in [6.07, 6.45) is 4.45. The van der Waals surface area contributed by atoms with Gasteiger partial charge in [-0.05, 0) is 48.0 Å². The number of hydrogen-bond acceptors (Lipinski definition) is 2. The van der Waals surface area contributed by atoms with Gasteiger partial charge in [-0.2, -0.15) is 5.26 Å². The number of aromatic nitrogens is 2. The number of nitrogens with zero attached hydrogens (tertiary/aromatic N) is 3. The second-order valence-electron chi connectivity index (χ2n) is 12.3. The second kappa shape index (κ2) is 9.84. The molecule has 0 radical (unpaired) electrons. The SMILES string of the molecule is N#Cc1ccc(-c2ccccc2-n2c3c(c4ccccc42)C=CC2c4ccccc4OC32)cc1-n1c2ccccc2c2ccccc21. The van der Waals surface area contributed by atoms with Crippen LogP contribution >= 0.6 is 0 Å². The van der Waals surface area contributed by atoms with Gasteiger partial charge in [0.1, 0.15) is 17.9 Å². The number of benzene rings is 6. The van der Waals surface area contributed by atoms with Crippen molar-refractivity contribution in [3.63, 3.8) is 0 Å². The fourth-order valence-electron chi connectivity index (χ4n) is 7.94. The summed E-state index contributed by atoms with van der Waals surface area (Å²) in [6.45, 7) is 0. The number of para-hydroxylation sites is 5. The zero-order chi connectivity index (χ0) is 31.1. The summed E-state index contributed by atoms with van der Waals surface area (Å²) < 4.78 is 11.4. The largest absolute Gasteiger partial charge is 0.483 e. The van der Waals surface area contributed by atoms with Gasteiger partial charge in [0, 0.05) is 38.8 Å². The van der Waals surface area contributed by atoms with Crippen molar-refractivity contribution in [3.05, 3.63) is 168 Å². The van der Waals surface area contributed by atoms with Gasteiger partial charge in [0.05, 0.1) is 39.2 Å². The van der Waals surface area contributed by atoms with Crippen LogP contribution in [0.4, 0.5) is 0 Å². The molecule has 4 heteroatoms. The lowest BCUT2D eigenvalue weighted by atomic mass is 9.87. The Morgan fingerprint density at radius 2 is 1.23 bits per heavy atom. The van der Waals surface area contributed by atoms with Crippen LogP contribution in [0.25, 0.3) is 61.3 Å². The van der Waals surface area contributed by atoms with Crippen LogP contribution in [0.5, 0.6) is 5.75 Å². The molecular formula is C43H27N3O. The molecule has 0 saturated heterocycles. The summed E-state index contributed by atoms with van der Waals surface area (Å²) in [5.74, 6) is 1.10. The van der Waals surface area contributed by atoms with Crippen LogP contribution in [0.3, 0.4) is 0 Å². The van der Waals surface area contributed by atoms with Crippen molar-refractivity contribution in [2.45, 2.75) is 12.0 Å². The van der Waals surface area contributed by atoms with Crippen molar-refractivity contribution in [1.82, 2.24) is 9.13 Å². The topological polar surface area (TPSA) is 42.9 Å². The Morgan fingerprint density at radius 1 is 0.596 bits per heavy atom. The summed E-state index contributed by atoms with van der Waals surface area (Å²) in [4.78, 5) is 0. The minimum Gasteiger partial charge on any atom is -0.483 e. The van der Waals surface area contributed by atoms with Crippen molar-refractivity contribution < 1.29 is 4.74 Å². The maximum Gasteiger partial charge on any atom is 0.150 e. The molecule has 0 spiro atoms. The number of fused-ring (bicyclic) bond motifs is 10. The summed E-state index contributed by atoms with van der Waals surface area (Å²) in [7, 11) is 0. The van der Waals surface area contributed by atoms with E-state index in [1.165, 1.54) is 33.0 Å². The Hall–Kier alpha value is -6.31. The Kier molecular flexibility index (Phi) is 5.44. The third-order valence-electron chi connectivity index (χ3n) is 9.95. The minimum absolute atomic E-state index is 0.137. The molecule has 6 aromatic carbocycles. The van der Waals surface area contributed by atoms with Crippen LogP contribution < -0.4 is 4.74 Å². The molecular weight excluding hydrogens is 574 g/mol. The van der Waals surface area contributed by atoms with Gasteiger partial charge >= 0.3 is 0 Å². The van der Waals surface area contributed by atoms with Gasteiger partial charge in [-0.1, -0.05) is 109 Å². The Labute approximate surface area is 271 Å². The third-order valence-corrected chi connectivity index (χ3v) is 9.95. The van der Waals surface area contributed by atoms with E-state index in [9.17, 15) is 5.26 Å². The lowest BCUT2D eigenvalue weighted by Gasteiger charge is -2.25. The van der Waals surface area contributed by atoms with Crippen LogP contribution in [0.2, 0.25) is 0 Å². The fourth-order valence-corrected chi connectivity index (χ4v) is 7.94. The molecule has 2 atom stereocenters. The van der Waals surface area contributed by atoms with E-state index < -0.39 is 0 Å². The average Bonchev–Trinajstić information content (AvgIpc) is 3.79. The van der Waals surface area contributed by atoms with E-state index in [1.54, 1.807) is 0 Å². The monoisotopic (exact) mass is 601 g/mol. The molecule has 2 unspecified atom stereocenters. The molecule has 1 aliphatic carbocycles. The highest BCUT2D eigenvalue weighted by Crippen LogP contribution is 2.53. The first-order chi connectivity index (χ1) is 23.3. The maximum atomic E-state index is 10.4. The zero-order valence-corrected chi connectivity index (χ0v) is 25.3. The number of nitriles is 1. The van der Waals surface area contributed by atoms with Gasteiger partial charge in [0.15, 0.2) is 0 Å². The Morgan fingerprint density at radius 3 is 2.00 bits per heavy atom. The molecule has 2 aliphatic rings. The van der Waals surface area contributed by atoms with E-state index in [-0.39, 0.29) is 12.0 Å². The van der Waals surface area contributed by atoms with Gasteiger partial charge in [0.2, 0.25) is 0 Å². The first-order valence-electron chi connectivity index (χ1n) is 16.0. The summed E-state index contributed by atoms with van der Waals surface area (Å²) in [5, 5.41) is 13.9. The molecule has 0 saturated carbocycles. The number of rotatable bonds is 3. The van der Waals surface area contributed by atoms with Crippen LogP contribution in [-0.2, 0) is 0 Å².